The molecule has 0 bridgehead atoms. The van der Waals surface area contributed by atoms with Gasteiger partial charge in [0.2, 0.25) is 5.82 Å². The van der Waals surface area contributed by atoms with Crippen molar-refractivity contribution in [3.63, 3.8) is 0 Å². The minimum absolute atomic E-state index is 0.201. The highest BCUT2D eigenvalue weighted by molar-refractivity contribution is 9.10. The van der Waals surface area contributed by atoms with Gasteiger partial charge in [0.25, 0.3) is 0 Å². The van der Waals surface area contributed by atoms with Crippen LogP contribution in [0.25, 0.3) is 0 Å². The fourth-order valence-electron chi connectivity index (χ4n) is 0.845. The predicted octanol–water partition coefficient (Wildman–Crippen LogP) is 2.01. The van der Waals surface area contributed by atoms with Crippen LogP contribution in [0.3, 0.4) is 0 Å². The van der Waals surface area contributed by atoms with Gasteiger partial charge in [0.05, 0.1) is 10.5 Å². The Morgan fingerprint density at radius 3 is 2.64 bits per heavy atom. The van der Waals surface area contributed by atoms with E-state index in [0.29, 0.717) is 6.07 Å². The van der Waals surface area contributed by atoms with E-state index in [9.17, 15) is 19.3 Å². The van der Waals surface area contributed by atoms with E-state index in [-0.39, 0.29) is 11.8 Å². The number of nitrogens with zero attached hydrogens (tertiary/aromatic N) is 1. The fourth-order valence-corrected chi connectivity index (χ4v) is 1.28. The van der Waals surface area contributed by atoms with Crippen LogP contribution in [0.4, 0.5) is 10.1 Å². The zero-order valence-corrected chi connectivity index (χ0v) is 8.12. The van der Waals surface area contributed by atoms with Crippen molar-refractivity contribution in [1.29, 1.82) is 0 Å². The maximum absolute atomic E-state index is 13.1. The summed E-state index contributed by atoms with van der Waals surface area (Å²) in [5, 5.41) is 19.4. The molecule has 0 unspecified atom stereocenters. The minimum atomic E-state index is -1.21. The number of carbonyl (C=O) groups excluding carboxylic acids is 1. The van der Waals surface area contributed by atoms with Crippen LogP contribution in [-0.2, 0) is 0 Å². The van der Waals surface area contributed by atoms with Gasteiger partial charge < -0.3 is 5.11 Å². The van der Waals surface area contributed by atoms with Crippen molar-refractivity contribution in [2.24, 2.45) is 0 Å². The number of hydrogen-bond acceptors (Lipinski definition) is 4. The Morgan fingerprint density at radius 1 is 1.64 bits per heavy atom. The van der Waals surface area contributed by atoms with Gasteiger partial charge in [-0.3, -0.25) is 14.9 Å². The number of aromatic hydroxyl groups is 1. The number of carbonyl (C=O) groups is 1. The van der Waals surface area contributed by atoms with E-state index in [0.717, 1.165) is 0 Å². The molecule has 1 aromatic rings. The molecule has 0 spiro atoms. The Labute approximate surface area is 85.4 Å². The molecule has 0 amide bonds. The van der Waals surface area contributed by atoms with Crippen molar-refractivity contribution in [1.82, 2.24) is 0 Å². The summed E-state index contributed by atoms with van der Waals surface area (Å²) in [6.45, 7) is 0. The highest BCUT2D eigenvalue weighted by atomic mass is 79.9. The second-order valence-corrected chi connectivity index (χ2v) is 3.13. The molecule has 5 nitrogen and oxygen atoms in total. The SMILES string of the molecule is O=Cc1cc([N+](=O)[O-])c(F)c(Br)c1O. The highest BCUT2D eigenvalue weighted by Crippen LogP contribution is 2.35. The van der Waals surface area contributed by atoms with Crippen molar-refractivity contribution in [2.75, 3.05) is 0 Å². The van der Waals surface area contributed by atoms with E-state index >= 15 is 0 Å². The van der Waals surface area contributed by atoms with Gasteiger partial charge in [-0.25, -0.2) is 0 Å². The maximum atomic E-state index is 13.1. The lowest BCUT2D eigenvalue weighted by Gasteiger charge is -2.02. The van der Waals surface area contributed by atoms with E-state index in [1.54, 1.807) is 0 Å². The topological polar surface area (TPSA) is 80.4 Å². The summed E-state index contributed by atoms with van der Waals surface area (Å²) >= 11 is 2.60. The molecule has 1 rings (SSSR count). The highest BCUT2D eigenvalue weighted by Gasteiger charge is 2.22. The van der Waals surface area contributed by atoms with Crippen molar-refractivity contribution in [2.45, 2.75) is 0 Å². The lowest BCUT2D eigenvalue weighted by Crippen LogP contribution is -1.96. The largest absolute Gasteiger partial charge is 0.506 e. The van der Waals surface area contributed by atoms with E-state index < -0.39 is 26.7 Å². The molecule has 0 heterocycles. The maximum Gasteiger partial charge on any atom is 0.306 e. The van der Waals surface area contributed by atoms with Gasteiger partial charge in [0.15, 0.2) is 6.29 Å². The van der Waals surface area contributed by atoms with Crippen LogP contribution in [0.2, 0.25) is 0 Å². The van der Waals surface area contributed by atoms with E-state index in [2.05, 4.69) is 15.9 Å². The van der Waals surface area contributed by atoms with Crippen LogP contribution >= 0.6 is 15.9 Å². The molecule has 0 atom stereocenters. The van der Waals surface area contributed by atoms with Crippen LogP contribution in [0.1, 0.15) is 10.4 Å². The summed E-state index contributed by atoms with van der Waals surface area (Å²) in [5.74, 6) is -1.86. The molecular weight excluding hydrogens is 261 g/mol. The third-order valence-electron chi connectivity index (χ3n) is 1.51. The van der Waals surface area contributed by atoms with Crippen LogP contribution in [0.15, 0.2) is 10.5 Å². The fraction of sp³-hybridized carbons (Fsp3) is 0. The number of hydrogen-bond donors (Lipinski definition) is 1. The zero-order valence-electron chi connectivity index (χ0n) is 6.53. The van der Waals surface area contributed by atoms with Gasteiger partial charge in [-0.2, -0.15) is 4.39 Å². The van der Waals surface area contributed by atoms with Crippen molar-refractivity contribution in [3.05, 3.63) is 32.0 Å². The molecule has 0 saturated heterocycles. The van der Waals surface area contributed by atoms with Gasteiger partial charge in [-0.05, 0) is 15.9 Å². The molecule has 0 fully saturated rings. The summed E-state index contributed by atoms with van der Waals surface area (Å²) in [7, 11) is 0. The number of halogens is 2. The first-order chi connectivity index (χ1) is 6.49. The molecule has 0 radical (unpaired) electrons. The Bertz CT molecular complexity index is 421. The van der Waals surface area contributed by atoms with Gasteiger partial charge in [-0.15, -0.1) is 0 Å². The third kappa shape index (κ3) is 1.58. The van der Waals surface area contributed by atoms with Gasteiger partial charge in [0, 0.05) is 6.07 Å². The number of nitro groups is 1. The van der Waals surface area contributed by atoms with E-state index in [4.69, 9.17) is 5.11 Å². The molecule has 1 aromatic carbocycles. The normalized spacial score (nSPS) is 9.86. The molecular formula is C7H3BrFNO4. The van der Waals surface area contributed by atoms with Crippen molar-refractivity contribution < 1.29 is 19.2 Å². The zero-order chi connectivity index (χ0) is 10.9. The Kier molecular flexibility index (Phi) is 2.80. The molecule has 1 N–H and O–H groups in total. The van der Waals surface area contributed by atoms with Gasteiger partial charge in [0.1, 0.15) is 10.2 Å². The molecule has 0 saturated carbocycles. The quantitative estimate of drug-likeness (QED) is 0.503. The molecule has 74 valence electrons. The van der Waals surface area contributed by atoms with Crippen LogP contribution < -0.4 is 0 Å². The van der Waals surface area contributed by atoms with E-state index in [1.165, 1.54) is 0 Å². The first-order valence-corrected chi connectivity index (χ1v) is 4.09. The first kappa shape index (κ1) is 10.6. The molecule has 0 aromatic heterocycles. The van der Waals surface area contributed by atoms with Crippen molar-refractivity contribution in [3.8, 4) is 5.75 Å². The van der Waals surface area contributed by atoms with Crippen LogP contribution in [0, 0.1) is 15.9 Å². The van der Waals surface area contributed by atoms with Gasteiger partial charge >= 0.3 is 5.69 Å². The molecule has 0 aliphatic carbocycles. The minimum Gasteiger partial charge on any atom is -0.506 e. The molecule has 0 aliphatic rings. The lowest BCUT2D eigenvalue weighted by atomic mass is 10.2. The average Bonchev–Trinajstić information content (AvgIpc) is 2.14. The summed E-state index contributed by atoms with van der Waals surface area (Å²) < 4.78 is 12.6. The lowest BCUT2D eigenvalue weighted by molar-refractivity contribution is -0.387. The Balaban J connectivity index is 3.56. The Hall–Kier alpha value is -1.50. The summed E-state index contributed by atoms with van der Waals surface area (Å²) in [6, 6.07) is 0.669. The second-order valence-electron chi connectivity index (χ2n) is 2.34. The van der Waals surface area contributed by atoms with Crippen LogP contribution in [-0.4, -0.2) is 16.3 Å². The number of aldehydes is 1. The number of phenols is 1. The van der Waals surface area contributed by atoms with Crippen molar-refractivity contribution >= 4 is 27.9 Å². The summed E-state index contributed by atoms with van der Waals surface area (Å²) in [5.41, 5.74) is -1.21. The standard InChI is InChI=1S/C7H3BrFNO4/c8-5-6(9)4(10(13)14)1-3(2-11)7(5)12/h1-2,12H. The smallest absolute Gasteiger partial charge is 0.306 e. The molecule has 7 heteroatoms. The number of rotatable bonds is 2. The Morgan fingerprint density at radius 2 is 2.21 bits per heavy atom. The third-order valence-corrected chi connectivity index (χ3v) is 2.24. The van der Waals surface area contributed by atoms with Crippen LogP contribution in [0.5, 0.6) is 5.75 Å². The monoisotopic (exact) mass is 263 g/mol. The predicted molar refractivity (Wildman–Crippen MR) is 47.8 cm³/mol. The van der Waals surface area contributed by atoms with Gasteiger partial charge in [-0.1, -0.05) is 0 Å². The number of nitro benzene ring substituents is 1. The average molecular weight is 264 g/mol. The molecule has 0 aliphatic heterocycles. The summed E-state index contributed by atoms with van der Waals surface area (Å²) in [6.07, 6.45) is 0.201. The number of phenolic OH excluding ortho intramolecular Hbond substituents is 1. The first-order valence-electron chi connectivity index (χ1n) is 3.29. The second kappa shape index (κ2) is 3.70. The van der Waals surface area contributed by atoms with E-state index in [1.807, 2.05) is 0 Å². The number of benzene rings is 1. The molecule has 14 heavy (non-hydrogen) atoms. The summed E-state index contributed by atoms with van der Waals surface area (Å²) in [4.78, 5) is 19.7.